The van der Waals surface area contributed by atoms with Crippen LogP contribution in [0, 0.1) is 5.92 Å². The largest absolute Gasteiger partial charge is 0.489 e. The van der Waals surface area contributed by atoms with Gasteiger partial charge in [0.1, 0.15) is 12.4 Å². The third-order valence-electron chi connectivity index (χ3n) is 4.72. The maximum atomic E-state index is 13.0. The van der Waals surface area contributed by atoms with Gasteiger partial charge in [-0.25, -0.2) is 0 Å². The van der Waals surface area contributed by atoms with Crippen molar-refractivity contribution in [2.75, 3.05) is 32.2 Å². The summed E-state index contributed by atoms with van der Waals surface area (Å²) in [6, 6.07) is 2.77. The Morgan fingerprint density at radius 3 is 2.55 bits per heavy atom. The highest BCUT2D eigenvalue weighted by Crippen LogP contribution is 2.35. The van der Waals surface area contributed by atoms with Gasteiger partial charge in [-0.2, -0.15) is 13.2 Å². The van der Waals surface area contributed by atoms with Gasteiger partial charge in [0, 0.05) is 13.5 Å². The lowest BCUT2D eigenvalue weighted by atomic mass is 10.0. The van der Waals surface area contributed by atoms with E-state index in [1.54, 1.807) is 0 Å². The summed E-state index contributed by atoms with van der Waals surface area (Å²) in [4.78, 5) is 23.9. The molecule has 1 aromatic carbocycles. The first-order valence-electron chi connectivity index (χ1n) is 9.58. The zero-order valence-corrected chi connectivity index (χ0v) is 16.3. The van der Waals surface area contributed by atoms with Crippen LogP contribution in [0.25, 0.3) is 0 Å². The Hall–Kier alpha value is -2.29. The lowest BCUT2D eigenvalue weighted by molar-refractivity contribution is -0.147. The number of amides is 1. The van der Waals surface area contributed by atoms with Gasteiger partial charge in [0.2, 0.25) is 0 Å². The predicted octanol–water partition coefficient (Wildman–Crippen LogP) is 4.18. The number of anilines is 1. The molecule has 0 bridgehead atoms. The molecule has 1 N–H and O–H groups in total. The number of carbonyl (C=O) groups excluding carboxylic acids is 2. The standard InChI is InChI=1S/C20H26F3NO5/c1-27-10-11-28-17-8-7-15(20(21,22)23)12-16(17)24-18(25)13-29-19(26)9-6-14-4-2-3-5-14/h7-8,12,14H,2-6,9-11,13H2,1H3,(H,24,25). The van der Waals surface area contributed by atoms with E-state index in [9.17, 15) is 22.8 Å². The van der Waals surface area contributed by atoms with Crippen LogP contribution >= 0.6 is 0 Å². The Kier molecular flexibility index (Phi) is 8.75. The summed E-state index contributed by atoms with van der Waals surface area (Å²) < 4.78 is 54.0. The number of alkyl halides is 3. The van der Waals surface area contributed by atoms with Gasteiger partial charge in [-0.15, -0.1) is 0 Å². The number of carbonyl (C=O) groups is 2. The highest BCUT2D eigenvalue weighted by atomic mass is 19.4. The molecule has 0 aliphatic heterocycles. The van der Waals surface area contributed by atoms with Crippen LogP contribution in [0.4, 0.5) is 18.9 Å². The molecule has 6 nitrogen and oxygen atoms in total. The molecule has 1 saturated carbocycles. The van der Waals surface area contributed by atoms with Gasteiger partial charge in [-0.1, -0.05) is 25.7 Å². The van der Waals surface area contributed by atoms with E-state index in [-0.39, 0.29) is 31.1 Å². The van der Waals surface area contributed by atoms with E-state index in [1.165, 1.54) is 20.0 Å². The molecule has 1 aromatic rings. The van der Waals surface area contributed by atoms with E-state index in [0.29, 0.717) is 5.92 Å². The number of esters is 1. The molecule has 0 atom stereocenters. The summed E-state index contributed by atoms with van der Waals surface area (Å²) in [5.74, 6) is -0.646. The van der Waals surface area contributed by atoms with Crippen LogP contribution in [-0.2, 0) is 25.2 Å². The molecule has 162 valence electrons. The van der Waals surface area contributed by atoms with Crippen LogP contribution in [0.3, 0.4) is 0 Å². The first-order valence-corrected chi connectivity index (χ1v) is 9.58. The van der Waals surface area contributed by atoms with Gasteiger partial charge < -0.3 is 19.5 Å². The zero-order valence-electron chi connectivity index (χ0n) is 16.3. The van der Waals surface area contributed by atoms with Crippen LogP contribution in [0.1, 0.15) is 44.1 Å². The summed E-state index contributed by atoms with van der Waals surface area (Å²) in [6.45, 7) is -0.245. The molecule has 1 amide bonds. The molecule has 2 rings (SSSR count). The number of hydrogen-bond donors (Lipinski definition) is 1. The second-order valence-electron chi connectivity index (χ2n) is 6.95. The van der Waals surface area contributed by atoms with Crippen molar-refractivity contribution in [3.8, 4) is 5.75 Å². The number of methoxy groups -OCH3 is 1. The third-order valence-corrected chi connectivity index (χ3v) is 4.72. The lowest BCUT2D eigenvalue weighted by Gasteiger charge is -2.15. The fourth-order valence-electron chi connectivity index (χ4n) is 3.19. The van der Waals surface area contributed by atoms with E-state index in [1.807, 2.05) is 0 Å². The van der Waals surface area contributed by atoms with Crippen LogP contribution in [0.5, 0.6) is 5.75 Å². The molecule has 29 heavy (non-hydrogen) atoms. The normalized spacial score (nSPS) is 14.6. The fraction of sp³-hybridized carbons (Fsp3) is 0.600. The van der Waals surface area contributed by atoms with Crippen molar-refractivity contribution in [1.29, 1.82) is 0 Å². The number of halogens is 3. The summed E-state index contributed by atoms with van der Waals surface area (Å²) in [5.41, 5.74) is -1.08. The maximum absolute atomic E-state index is 13.0. The fourth-order valence-corrected chi connectivity index (χ4v) is 3.19. The first kappa shape index (κ1) is 23.0. The van der Waals surface area contributed by atoms with Gasteiger partial charge in [0.25, 0.3) is 5.91 Å². The van der Waals surface area contributed by atoms with Crippen LogP contribution in [0.15, 0.2) is 18.2 Å². The number of nitrogens with one attached hydrogen (secondary N) is 1. The summed E-state index contributed by atoms with van der Waals surface area (Å²) in [6.07, 6.45) is 0.946. The van der Waals surface area contributed by atoms with Crippen LogP contribution in [0.2, 0.25) is 0 Å². The Morgan fingerprint density at radius 2 is 1.90 bits per heavy atom. The van der Waals surface area contributed by atoms with E-state index in [0.717, 1.165) is 37.5 Å². The monoisotopic (exact) mass is 417 g/mol. The van der Waals surface area contributed by atoms with Crippen molar-refractivity contribution in [3.63, 3.8) is 0 Å². The minimum Gasteiger partial charge on any atom is -0.489 e. The lowest BCUT2D eigenvalue weighted by Crippen LogP contribution is -2.22. The minimum atomic E-state index is -4.57. The molecule has 1 aliphatic rings. The van der Waals surface area contributed by atoms with Gasteiger partial charge in [0.15, 0.2) is 6.61 Å². The SMILES string of the molecule is COCCOc1ccc(C(F)(F)F)cc1NC(=O)COC(=O)CCC1CCCC1. The number of ether oxygens (including phenoxy) is 3. The molecule has 0 radical (unpaired) electrons. The molecule has 1 aliphatic carbocycles. The van der Waals surface area contributed by atoms with Crippen molar-refractivity contribution in [2.45, 2.75) is 44.7 Å². The summed E-state index contributed by atoms with van der Waals surface area (Å²) >= 11 is 0. The molecule has 0 heterocycles. The Balaban J connectivity index is 1.90. The third kappa shape index (κ3) is 7.92. The second-order valence-corrected chi connectivity index (χ2v) is 6.95. The quantitative estimate of drug-likeness (QED) is 0.457. The van der Waals surface area contributed by atoms with Crippen LogP contribution < -0.4 is 10.1 Å². The highest BCUT2D eigenvalue weighted by molar-refractivity contribution is 5.94. The van der Waals surface area contributed by atoms with Crippen molar-refractivity contribution >= 4 is 17.6 Å². The zero-order chi connectivity index (χ0) is 21.3. The molecule has 0 aromatic heterocycles. The van der Waals surface area contributed by atoms with Gasteiger partial charge >= 0.3 is 12.1 Å². The number of hydrogen-bond acceptors (Lipinski definition) is 5. The summed E-state index contributed by atoms with van der Waals surface area (Å²) in [5, 5.41) is 2.32. The highest BCUT2D eigenvalue weighted by Gasteiger charge is 2.31. The second kappa shape index (κ2) is 11.0. The summed E-state index contributed by atoms with van der Waals surface area (Å²) in [7, 11) is 1.46. The molecule has 0 spiro atoms. The van der Waals surface area contributed by atoms with Crippen molar-refractivity contribution in [1.82, 2.24) is 0 Å². The van der Waals surface area contributed by atoms with E-state index < -0.39 is 30.2 Å². The average Bonchev–Trinajstić information content (AvgIpc) is 3.19. The maximum Gasteiger partial charge on any atom is 0.416 e. The van der Waals surface area contributed by atoms with Gasteiger partial charge in [-0.3, -0.25) is 9.59 Å². The van der Waals surface area contributed by atoms with E-state index in [4.69, 9.17) is 14.2 Å². The minimum absolute atomic E-state index is 0.0657. The number of benzene rings is 1. The topological polar surface area (TPSA) is 73.9 Å². The number of rotatable bonds is 10. The molecule has 0 unspecified atom stereocenters. The average molecular weight is 417 g/mol. The molecule has 9 heteroatoms. The Bertz CT molecular complexity index is 687. The van der Waals surface area contributed by atoms with Gasteiger partial charge in [0.05, 0.1) is 17.9 Å². The van der Waals surface area contributed by atoms with Crippen molar-refractivity contribution in [2.24, 2.45) is 5.92 Å². The van der Waals surface area contributed by atoms with Crippen molar-refractivity contribution in [3.05, 3.63) is 23.8 Å². The first-order chi connectivity index (χ1) is 13.8. The Labute approximate surface area is 167 Å². The Morgan fingerprint density at radius 1 is 1.17 bits per heavy atom. The van der Waals surface area contributed by atoms with Crippen molar-refractivity contribution < 1.29 is 37.0 Å². The molecular weight excluding hydrogens is 391 g/mol. The molecule has 0 saturated heterocycles. The van der Waals surface area contributed by atoms with Crippen LogP contribution in [-0.4, -0.2) is 38.8 Å². The molecular formula is C20H26F3NO5. The predicted molar refractivity (Wildman–Crippen MR) is 99.6 cm³/mol. The van der Waals surface area contributed by atoms with Gasteiger partial charge in [-0.05, 0) is 30.5 Å². The smallest absolute Gasteiger partial charge is 0.416 e. The van der Waals surface area contributed by atoms with E-state index >= 15 is 0 Å². The van der Waals surface area contributed by atoms with E-state index in [2.05, 4.69) is 5.32 Å². The molecule has 1 fully saturated rings.